The molecule has 0 fully saturated rings. The van der Waals surface area contributed by atoms with E-state index >= 15 is 0 Å². The highest BCUT2D eigenvalue weighted by Crippen LogP contribution is 2.18. The van der Waals surface area contributed by atoms with Crippen LogP contribution in [0.5, 0.6) is 5.75 Å². The van der Waals surface area contributed by atoms with E-state index in [0.717, 1.165) is 23.8 Å². The Balaban J connectivity index is 0.00000484. The SMILES string of the molecule is CCNC(=NCc1ccccc1OCC)NCCNC(C)=O.I. The molecule has 3 N–H and O–H groups in total. The maximum absolute atomic E-state index is 10.8. The zero-order valence-electron chi connectivity index (χ0n) is 14.0. The van der Waals surface area contributed by atoms with Crippen molar-refractivity contribution in [3.63, 3.8) is 0 Å². The molecule has 0 aromatic heterocycles. The zero-order valence-corrected chi connectivity index (χ0v) is 16.3. The van der Waals surface area contributed by atoms with Gasteiger partial charge in [-0.2, -0.15) is 0 Å². The monoisotopic (exact) mass is 434 g/mol. The van der Waals surface area contributed by atoms with Crippen LogP contribution in [0.4, 0.5) is 0 Å². The standard InChI is InChI=1S/C16H26N4O2.HI/c1-4-17-16(19-11-10-18-13(3)21)20-12-14-8-6-7-9-15(14)22-5-2;/h6-9H,4-5,10-12H2,1-3H3,(H,18,21)(H2,17,19,20);1H. The lowest BCUT2D eigenvalue weighted by molar-refractivity contribution is -0.118. The minimum Gasteiger partial charge on any atom is -0.494 e. The molecule has 7 heteroatoms. The molecule has 0 aliphatic carbocycles. The molecule has 0 aliphatic rings. The first kappa shape index (κ1) is 21.5. The van der Waals surface area contributed by atoms with Crippen molar-refractivity contribution in [2.45, 2.75) is 27.3 Å². The Morgan fingerprint density at radius 1 is 1.13 bits per heavy atom. The van der Waals surface area contributed by atoms with Gasteiger partial charge in [0.25, 0.3) is 0 Å². The van der Waals surface area contributed by atoms with Crippen LogP contribution in [-0.2, 0) is 11.3 Å². The summed E-state index contributed by atoms with van der Waals surface area (Å²) < 4.78 is 5.60. The van der Waals surface area contributed by atoms with E-state index in [1.807, 2.05) is 38.1 Å². The number of carbonyl (C=O) groups is 1. The van der Waals surface area contributed by atoms with Crippen LogP contribution in [0, 0.1) is 0 Å². The van der Waals surface area contributed by atoms with Crippen molar-refractivity contribution in [1.29, 1.82) is 0 Å². The molecular formula is C16H27IN4O2. The summed E-state index contributed by atoms with van der Waals surface area (Å²) in [6, 6.07) is 7.89. The number of aliphatic imine (C=N–C) groups is 1. The summed E-state index contributed by atoms with van der Waals surface area (Å²) in [5.74, 6) is 1.55. The molecule has 130 valence electrons. The third-order valence-corrected chi connectivity index (χ3v) is 2.82. The average molecular weight is 434 g/mol. The fourth-order valence-corrected chi connectivity index (χ4v) is 1.86. The van der Waals surface area contributed by atoms with Gasteiger partial charge in [-0.25, -0.2) is 4.99 Å². The van der Waals surface area contributed by atoms with E-state index in [1.165, 1.54) is 6.92 Å². The van der Waals surface area contributed by atoms with Crippen molar-refractivity contribution >= 4 is 35.8 Å². The van der Waals surface area contributed by atoms with Gasteiger partial charge in [0.2, 0.25) is 5.91 Å². The van der Waals surface area contributed by atoms with E-state index in [0.29, 0.717) is 26.2 Å². The number of hydrogen-bond donors (Lipinski definition) is 3. The first-order valence-corrected chi connectivity index (χ1v) is 7.64. The van der Waals surface area contributed by atoms with Crippen LogP contribution in [-0.4, -0.2) is 38.1 Å². The Morgan fingerprint density at radius 3 is 2.48 bits per heavy atom. The van der Waals surface area contributed by atoms with Crippen molar-refractivity contribution in [3.05, 3.63) is 29.8 Å². The van der Waals surface area contributed by atoms with Crippen LogP contribution in [0.2, 0.25) is 0 Å². The van der Waals surface area contributed by atoms with Gasteiger partial charge in [-0.1, -0.05) is 18.2 Å². The van der Waals surface area contributed by atoms with Gasteiger partial charge in [0.15, 0.2) is 5.96 Å². The molecule has 0 heterocycles. The molecule has 1 amide bonds. The summed E-state index contributed by atoms with van der Waals surface area (Å²) in [5, 5.41) is 9.10. The molecule has 0 unspecified atom stereocenters. The number of hydrogen-bond acceptors (Lipinski definition) is 3. The summed E-state index contributed by atoms with van der Waals surface area (Å²) in [4.78, 5) is 15.4. The predicted octanol–water partition coefficient (Wildman–Crippen LogP) is 1.89. The fourth-order valence-electron chi connectivity index (χ4n) is 1.86. The Kier molecular flexibility index (Phi) is 12.1. The van der Waals surface area contributed by atoms with Crippen LogP contribution in [0.1, 0.15) is 26.3 Å². The largest absolute Gasteiger partial charge is 0.494 e. The molecule has 0 radical (unpaired) electrons. The second-order valence-electron chi connectivity index (χ2n) is 4.65. The lowest BCUT2D eigenvalue weighted by Gasteiger charge is -2.12. The van der Waals surface area contributed by atoms with Crippen LogP contribution in [0.15, 0.2) is 29.3 Å². The second kappa shape index (κ2) is 13.0. The third kappa shape index (κ3) is 9.27. The summed E-state index contributed by atoms with van der Waals surface area (Å²) >= 11 is 0. The van der Waals surface area contributed by atoms with E-state index in [-0.39, 0.29) is 29.9 Å². The third-order valence-electron chi connectivity index (χ3n) is 2.82. The van der Waals surface area contributed by atoms with Crippen LogP contribution in [0.25, 0.3) is 0 Å². The molecule has 0 atom stereocenters. The number of halogens is 1. The van der Waals surface area contributed by atoms with E-state index in [1.54, 1.807) is 0 Å². The highest BCUT2D eigenvalue weighted by atomic mass is 127. The van der Waals surface area contributed by atoms with Crippen LogP contribution >= 0.6 is 24.0 Å². The zero-order chi connectivity index (χ0) is 16.2. The van der Waals surface area contributed by atoms with Crippen LogP contribution in [0.3, 0.4) is 0 Å². The predicted molar refractivity (Wildman–Crippen MR) is 105 cm³/mol. The van der Waals surface area contributed by atoms with Crippen LogP contribution < -0.4 is 20.7 Å². The number of para-hydroxylation sites is 1. The molecule has 0 spiro atoms. The van der Waals surface area contributed by atoms with E-state index < -0.39 is 0 Å². The van der Waals surface area contributed by atoms with Gasteiger partial charge in [-0.15, -0.1) is 24.0 Å². The Labute approximate surface area is 155 Å². The molecule has 0 saturated heterocycles. The van der Waals surface area contributed by atoms with Gasteiger partial charge in [-0.05, 0) is 19.9 Å². The highest BCUT2D eigenvalue weighted by molar-refractivity contribution is 14.0. The number of benzene rings is 1. The van der Waals surface area contributed by atoms with E-state index in [2.05, 4.69) is 20.9 Å². The summed E-state index contributed by atoms with van der Waals surface area (Å²) in [6.07, 6.45) is 0. The number of nitrogens with zero attached hydrogens (tertiary/aromatic N) is 1. The smallest absolute Gasteiger partial charge is 0.216 e. The molecule has 6 nitrogen and oxygen atoms in total. The quantitative estimate of drug-likeness (QED) is 0.253. The molecule has 0 bridgehead atoms. The molecule has 0 aliphatic heterocycles. The van der Waals surface area contributed by atoms with Gasteiger partial charge in [0.05, 0.1) is 13.2 Å². The molecule has 1 aromatic carbocycles. The number of amides is 1. The van der Waals surface area contributed by atoms with E-state index in [9.17, 15) is 4.79 Å². The first-order valence-electron chi connectivity index (χ1n) is 7.64. The average Bonchev–Trinajstić information content (AvgIpc) is 2.50. The summed E-state index contributed by atoms with van der Waals surface area (Å²) in [5.41, 5.74) is 1.04. The van der Waals surface area contributed by atoms with Crippen molar-refractivity contribution in [3.8, 4) is 5.75 Å². The molecule has 23 heavy (non-hydrogen) atoms. The van der Waals surface area contributed by atoms with Gasteiger partial charge >= 0.3 is 0 Å². The van der Waals surface area contributed by atoms with Gasteiger partial charge < -0.3 is 20.7 Å². The number of nitrogens with one attached hydrogen (secondary N) is 3. The first-order chi connectivity index (χ1) is 10.7. The lowest BCUT2D eigenvalue weighted by Crippen LogP contribution is -2.41. The maximum atomic E-state index is 10.8. The van der Waals surface area contributed by atoms with Gasteiger partial charge in [0, 0.05) is 32.1 Å². The van der Waals surface area contributed by atoms with Gasteiger partial charge in [-0.3, -0.25) is 4.79 Å². The highest BCUT2D eigenvalue weighted by Gasteiger charge is 2.03. The normalized spacial score (nSPS) is 10.5. The summed E-state index contributed by atoms with van der Waals surface area (Å²) in [6.45, 7) is 8.62. The second-order valence-corrected chi connectivity index (χ2v) is 4.65. The Hall–Kier alpha value is -1.51. The van der Waals surface area contributed by atoms with Crippen molar-refractivity contribution < 1.29 is 9.53 Å². The topological polar surface area (TPSA) is 74.8 Å². The fraction of sp³-hybridized carbons (Fsp3) is 0.500. The van der Waals surface area contributed by atoms with Gasteiger partial charge in [0.1, 0.15) is 5.75 Å². The molecule has 1 aromatic rings. The van der Waals surface area contributed by atoms with E-state index in [4.69, 9.17) is 4.74 Å². The molecular weight excluding hydrogens is 407 g/mol. The minimum absolute atomic E-state index is 0. The number of ether oxygens (including phenoxy) is 1. The number of carbonyl (C=O) groups excluding carboxylic acids is 1. The summed E-state index contributed by atoms with van der Waals surface area (Å²) in [7, 11) is 0. The number of rotatable bonds is 8. The van der Waals surface area contributed by atoms with Crippen molar-refractivity contribution in [2.24, 2.45) is 4.99 Å². The number of guanidine groups is 1. The molecule has 1 rings (SSSR count). The minimum atomic E-state index is -0.0330. The Morgan fingerprint density at radius 2 is 1.83 bits per heavy atom. The maximum Gasteiger partial charge on any atom is 0.216 e. The van der Waals surface area contributed by atoms with Crippen molar-refractivity contribution in [1.82, 2.24) is 16.0 Å². The molecule has 0 saturated carbocycles. The lowest BCUT2D eigenvalue weighted by atomic mass is 10.2. The Bertz CT molecular complexity index is 495. The van der Waals surface area contributed by atoms with Crippen molar-refractivity contribution in [2.75, 3.05) is 26.2 Å².